The van der Waals surface area contributed by atoms with Gasteiger partial charge in [0.2, 0.25) is 11.3 Å². The maximum Gasteiger partial charge on any atom is 0.258 e. The molecule has 0 spiro atoms. The monoisotopic (exact) mass is 423 g/mol. The number of hydrogen-bond acceptors (Lipinski definition) is 4. The summed E-state index contributed by atoms with van der Waals surface area (Å²) in [6.07, 6.45) is 0. The molecule has 4 rings (SSSR count). The maximum absolute atomic E-state index is 13.4. The van der Waals surface area contributed by atoms with E-state index in [-0.39, 0.29) is 22.4 Å². The van der Waals surface area contributed by atoms with Crippen LogP contribution in [0, 0.1) is 5.82 Å². The first-order valence-electron chi connectivity index (χ1n) is 8.94. The summed E-state index contributed by atoms with van der Waals surface area (Å²) in [5.74, 6) is -0.479. The number of fused-ring (bicyclic) bond motifs is 1. The average Bonchev–Trinajstić information content (AvgIpc) is 2.75. The highest BCUT2D eigenvalue weighted by Gasteiger charge is 2.19. The van der Waals surface area contributed by atoms with Crippen molar-refractivity contribution in [3.05, 3.63) is 93.4 Å². The smallest absolute Gasteiger partial charge is 0.258 e. The number of nitrogens with one attached hydrogen (secondary N) is 1. The molecule has 0 atom stereocenters. The number of carbonyl (C=O) groups excluding carboxylic acids is 1. The van der Waals surface area contributed by atoms with Crippen LogP contribution in [0.2, 0.25) is 5.02 Å². The second kappa shape index (κ2) is 8.00. The van der Waals surface area contributed by atoms with Crippen LogP contribution in [0.1, 0.15) is 10.4 Å². The van der Waals surface area contributed by atoms with Crippen LogP contribution in [0.3, 0.4) is 0 Å². The van der Waals surface area contributed by atoms with Gasteiger partial charge in [0.1, 0.15) is 17.1 Å². The molecule has 0 radical (unpaired) electrons. The van der Waals surface area contributed by atoms with Gasteiger partial charge in [0.25, 0.3) is 5.91 Å². The number of carbonyl (C=O) groups is 1. The Kier molecular flexibility index (Phi) is 5.25. The van der Waals surface area contributed by atoms with Gasteiger partial charge in [0.15, 0.2) is 0 Å². The van der Waals surface area contributed by atoms with Crippen molar-refractivity contribution >= 4 is 34.4 Å². The Morgan fingerprint density at radius 3 is 2.57 bits per heavy atom. The summed E-state index contributed by atoms with van der Waals surface area (Å²) in [6.45, 7) is 0. The topological polar surface area (TPSA) is 68.5 Å². The Labute approximate surface area is 175 Å². The molecule has 3 aromatic carbocycles. The third-order valence-corrected chi connectivity index (χ3v) is 4.78. The average molecular weight is 424 g/mol. The standard InChI is InChI=1S/C23H15ClFNO4/c1-29-17-4-2-3-14(11-17)22(28)26-23-20(13-5-8-16(25)9-6-13)21(27)18-12-15(24)7-10-19(18)30-23/h2-12H,1H3,(H,26,28). The molecule has 0 saturated carbocycles. The Bertz CT molecular complexity index is 1320. The molecule has 0 unspecified atom stereocenters. The highest BCUT2D eigenvalue weighted by molar-refractivity contribution is 6.31. The van der Waals surface area contributed by atoms with Gasteiger partial charge in [-0.15, -0.1) is 0 Å². The largest absolute Gasteiger partial charge is 0.497 e. The van der Waals surface area contributed by atoms with E-state index < -0.39 is 17.2 Å². The maximum atomic E-state index is 13.4. The summed E-state index contributed by atoms with van der Waals surface area (Å²) >= 11 is 6.03. The lowest BCUT2D eigenvalue weighted by atomic mass is 10.0. The van der Waals surface area contributed by atoms with Gasteiger partial charge in [-0.3, -0.25) is 14.9 Å². The molecule has 0 saturated heterocycles. The number of halogens is 2. The van der Waals surface area contributed by atoms with E-state index >= 15 is 0 Å². The van der Waals surface area contributed by atoms with Crippen molar-refractivity contribution in [3.63, 3.8) is 0 Å². The zero-order chi connectivity index (χ0) is 21.3. The third kappa shape index (κ3) is 3.77. The van der Waals surface area contributed by atoms with Crippen LogP contribution < -0.4 is 15.5 Å². The molecular formula is C23H15ClFNO4. The highest BCUT2D eigenvalue weighted by atomic mass is 35.5. The minimum Gasteiger partial charge on any atom is -0.497 e. The number of benzene rings is 3. The summed E-state index contributed by atoms with van der Waals surface area (Å²) in [6, 6.07) is 16.5. The van der Waals surface area contributed by atoms with Crippen molar-refractivity contribution in [3.8, 4) is 16.9 Å². The van der Waals surface area contributed by atoms with E-state index in [1.165, 1.54) is 37.4 Å². The van der Waals surface area contributed by atoms with Gasteiger partial charge < -0.3 is 9.15 Å². The first-order chi connectivity index (χ1) is 14.5. The molecule has 7 heteroatoms. The van der Waals surface area contributed by atoms with E-state index in [9.17, 15) is 14.0 Å². The summed E-state index contributed by atoms with van der Waals surface area (Å²) in [7, 11) is 1.50. The lowest BCUT2D eigenvalue weighted by Crippen LogP contribution is -2.16. The molecule has 0 aliphatic heterocycles. The molecule has 150 valence electrons. The Hall–Kier alpha value is -3.64. The Morgan fingerprint density at radius 2 is 1.83 bits per heavy atom. The summed E-state index contributed by atoms with van der Waals surface area (Å²) in [5, 5.41) is 3.27. The molecule has 1 N–H and O–H groups in total. The van der Waals surface area contributed by atoms with Crippen LogP contribution in [0.4, 0.5) is 10.3 Å². The predicted octanol–water partition coefficient (Wildman–Crippen LogP) is 5.51. The van der Waals surface area contributed by atoms with Gasteiger partial charge in [-0.25, -0.2) is 4.39 Å². The molecule has 1 aromatic heterocycles. The summed E-state index contributed by atoms with van der Waals surface area (Å²) in [5.41, 5.74) is 0.676. The first-order valence-corrected chi connectivity index (χ1v) is 9.32. The Morgan fingerprint density at radius 1 is 1.07 bits per heavy atom. The van der Waals surface area contributed by atoms with Gasteiger partial charge >= 0.3 is 0 Å². The number of hydrogen-bond donors (Lipinski definition) is 1. The van der Waals surface area contributed by atoms with Crippen molar-refractivity contribution in [2.45, 2.75) is 0 Å². The van der Waals surface area contributed by atoms with E-state index in [0.29, 0.717) is 21.9 Å². The summed E-state index contributed by atoms with van der Waals surface area (Å²) in [4.78, 5) is 26.0. The molecule has 1 amide bonds. The van der Waals surface area contributed by atoms with E-state index in [0.717, 1.165) is 0 Å². The van der Waals surface area contributed by atoms with E-state index in [1.54, 1.807) is 36.4 Å². The molecular weight excluding hydrogens is 409 g/mol. The number of anilines is 1. The number of amides is 1. The highest BCUT2D eigenvalue weighted by Crippen LogP contribution is 2.30. The lowest BCUT2D eigenvalue weighted by molar-refractivity contribution is 0.102. The van der Waals surface area contributed by atoms with Gasteiger partial charge in [-0.1, -0.05) is 29.8 Å². The lowest BCUT2D eigenvalue weighted by Gasteiger charge is -2.12. The van der Waals surface area contributed by atoms with E-state index in [2.05, 4.69) is 5.32 Å². The second-order valence-electron chi connectivity index (χ2n) is 6.47. The van der Waals surface area contributed by atoms with Crippen LogP contribution >= 0.6 is 11.6 Å². The van der Waals surface area contributed by atoms with Crippen LogP contribution in [0.25, 0.3) is 22.1 Å². The van der Waals surface area contributed by atoms with Crippen LogP contribution in [-0.4, -0.2) is 13.0 Å². The molecule has 0 fully saturated rings. The van der Waals surface area contributed by atoms with Crippen molar-refractivity contribution in [1.82, 2.24) is 0 Å². The molecule has 0 aliphatic rings. The fourth-order valence-corrected chi connectivity index (χ4v) is 3.25. The third-order valence-electron chi connectivity index (χ3n) is 4.54. The fraction of sp³-hybridized carbons (Fsp3) is 0.0435. The number of methoxy groups -OCH3 is 1. The SMILES string of the molecule is COc1cccc(C(=O)Nc2oc3ccc(Cl)cc3c(=O)c2-c2ccc(F)cc2)c1. The van der Waals surface area contributed by atoms with E-state index in [4.69, 9.17) is 20.8 Å². The fourth-order valence-electron chi connectivity index (χ4n) is 3.07. The number of ether oxygens (including phenoxy) is 1. The predicted molar refractivity (Wildman–Crippen MR) is 114 cm³/mol. The molecule has 0 aliphatic carbocycles. The molecule has 1 heterocycles. The van der Waals surface area contributed by atoms with Crippen molar-refractivity contribution < 1.29 is 18.3 Å². The minimum atomic E-state index is -0.492. The Balaban J connectivity index is 1.88. The second-order valence-corrected chi connectivity index (χ2v) is 6.91. The van der Waals surface area contributed by atoms with Gasteiger partial charge in [-0.05, 0) is 54.1 Å². The van der Waals surface area contributed by atoms with Crippen LogP contribution in [-0.2, 0) is 0 Å². The van der Waals surface area contributed by atoms with Crippen molar-refractivity contribution in [1.29, 1.82) is 0 Å². The first kappa shape index (κ1) is 19.7. The molecule has 0 bridgehead atoms. The number of rotatable bonds is 4. The minimum absolute atomic E-state index is 0.0470. The molecule has 5 nitrogen and oxygen atoms in total. The normalized spacial score (nSPS) is 10.8. The van der Waals surface area contributed by atoms with Crippen LogP contribution in [0.15, 0.2) is 75.9 Å². The zero-order valence-electron chi connectivity index (χ0n) is 15.7. The molecule has 30 heavy (non-hydrogen) atoms. The summed E-state index contributed by atoms with van der Waals surface area (Å²) < 4.78 is 24.4. The van der Waals surface area contributed by atoms with Crippen LogP contribution in [0.5, 0.6) is 5.75 Å². The van der Waals surface area contributed by atoms with E-state index in [1.807, 2.05) is 0 Å². The van der Waals surface area contributed by atoms with Crippen molar-refractivity contribution in [2.24, 2.45) is 0 Å². The van der Waals surface area contributed by atoms with Gasteiger partial charge in [-0.2, -0.15) is 0 Å². The quantitative estimate of drug-likeness (QED) is 0.469. The molecule has 4 aromatic rings. The van der Waals surface area contributed by atoms with Gasteiger partial charge in [0.05, 0.1) is 18.1 Å². The zero-order valence-corrected chi connectivity index (χ0v) is 16.5. The van der Waals surface area contributed by atoms with Crippen molar-refractivity contribution in [2.75, 3.05) is 12.4 Å². The van der Waals surface area contributed by atoms with Gasteiger partial charge in [0, 0.05) is 10.6 Å².